The summed E-state index contributed by atoms with van der Waals surface area (Å²) in [6.07, 6.45) is 9.78. The first-order valence-corrected chi connectivity index (χ1v) is 14.9. The summed E-state index contributed by atoms with van der Waals surface area (Å²) >= 11 is 0. The van der Waals surface area contributed by atoms with E-state index < -0.39 is 9.84 Å². The monoisotopic (exact) mass is 538 g/mol. The summed E-state index contributed by atoms with van der Waals surface area (Å²) in [7, 11) is -3.84. The number of hydrogen-bond acceptors (Lipinski definition) is 6. The van der Waals surface area contributed by atoms with Crippen molar-refractivity contribution in [3.8, 4) is 11.1 Å². The van der Waals surface area contributed by atoms with Gasteiger partial charge in [0.25, 0.3) is 0 Å². The number of imide groups is 2. The number of carbonyl (C=O) groups excluding carboxylic acids is 4. The van der Waals surface area contributed by atoms with E-state index in [1.165, 1.54) is 34.1 Å². The van der Waals surface area contributed by atoms with Crippen LogP contribution in [-0.4, -0.2) is 32.0 Å². The minimum atomic E-state index is -3.84. The van der Waals surface area contributed by atoms with Crippen LogP contribution in [0, 0.1) is 47.3 Å². The summed E-state index contributed by atoms with van der Waals surface area (Å²) < 4.78 is 26.8. The van der Waals surface area contributed by atoms with E-state index >= 15 is 0 Å². The molecule has 0 unspecified atom stereocenters. The normalized spacial score (nSPS) is 37.3. The first-order chi connectivity index (χ1) is 18.8. The predicted octanol–water partition coefficient (Wildman–Crippen LogP) is 3.12. The van der Waals surface area contributed by atoms with Crippen LogP contribution >= 0.6 is 0 Å². The van der Waals surface area contributed by atoms with Crippen LogP contribution in [0.15, 0.2) is 70.5 Å². The molecule has 194 valence electrons. The van der Waals surface area contributed by atoms with Crippen molar-refractivity contribution in [2.75, 3.05) is 9.80 Å². The number of benzene rings is 2. The molecule has 9 heteroatoms. The van der Waals surface area contributed by atoms with Crippen molar-refractivity contribution in [2.45, 2.75) is 22.6 Å². The minimum absolute atomic E-state index is 0.0694. The second-order valence-corrected chi connectivity index (χ2v) is 13.8. The van der Waals surface area contributed by atoms with Crippen molar-refractivity contribution in [1.29, 1.82) is 0 Å². The van der Waals surface area contributed by atoms with Crippen molar-refractivity contribution in [3.05, 3.63) is 60.7 Å². The summed E-state index contributed by atoms with van der Waals surface area (Å²) in [6.45, 7) is 0. The second kappa shape index (κ2) is 6.83. The highest BCUT2D eigenvalue weighted by molar-refractivity contribution is 7.92. The minimum Gasteiger partial charge on any atom is -0.274 e. The quantitative estimate of drug-likeness (QED) is 0.366. The number of nitrogens with zero attached hydrogens (tertiary/aromatic N) is 2. The molecule has 4 aliphatic carbocycles. The van der Waals surface area contributed by atoms with Crippen LogP contribution < -0.4 is 9.80 Å². The van der Waals surface area contributed by atoms with Crippen molar-refractivity contribution in [1.82, 2.24) is 0 Å². The molecule has 4 amide bonds. The van der Waals surface area contributed by atoms with E-state index in [0.29, 0.717) is 22.5 Å². The largest absolute Gasteiger partial charge is 0.274 e. The van der Waals surface area contributed by atoms with Gasteiger partial charge in [0.2, 0.25) is 33.5 Å². The lowest BCUT2D eigenvalue weighted by molar-refractivity contribution is -0.124. The van der Waals surface area contributed by atoms with Crippen LogP contribution in [0.1, 0.15) is 12.8 Å². The highest BCUT2D eigenvalue weighted by Crippen LogP contribution is 2.56. The molecule has 8 nitrogen and oxygen atoms in total. The van der Waals surface area contributed by atoms with Crippen molar-refractivity contribution in [2.24, 2.45) is 47.3 Å². The number of allylic oxidation sites excluding steroid dienone is 4. The maximum Gasteiger partial charge on any atom is 0.238 e. The fourth-order valence-corrected chi connectivity index (χ4v) is 10.3. The number of amides is 4. The topological polar surface area (TPSA) is 109 Å². The van der Waals surface area contributed by atoms with Gasteiger partial charge >= 0.3 is 0 Å². The van der Waals surface area contributed by atoms with E-state index in [9.17, 15) is 27.6 Å². The maximum absolute atomic E-state index is 13.4. The van der Waals surface area contributed by atoms with Gasteiger partial charge in [-0.1, -0.05) is 24.3 Å². The second-order valence-electron chi connectivity index (χ2n) is 11.9. The van der Waals surface area contributed by atoms with Gasteiger partial charge in [-0.3, -0.25) is 19.2 Å². The third-order valence-electron chi connectivity index (χ3n) is 10.3. The van der Waals surface area contributed by atoms with Gasteiger partial charge in [-0.15, -0.1) is 0 Å². The Labute approximate surface area is 223 Å². The first-order valence-electron chi connectivity index (χ1n) is 13.4. The number of rotatable bonds is 2. The summed E-state index contributed by atoms with van der Waals surface area (Å²) in [5.74, 6) is -2.11. The molecule has 2 aromatic rings. The van der Waals surface area contributed by atoms with Crippen LogP contribution in [0.25, 0.3) is 11.1 Å². The molecule has 2 saturated carbocycles. The van der Waals surface area contributed by atoms with Gasteiger partial charge in [0, 0.05) is 11.1 Å². The van der Waals surface area contributed by atoms with E-state index in [1.54, 1.807) is 12.1 Å². The van der Waals surface area contributed by atoms with Crippen LogP contribution in [0.5, 0.6) is 0 Å². The Bertz CT molecular complexity index is 1610. The SMILES string of the molecule is O=C1[C@@H]2[C@@H](C(=O)N1c1ccc3c(c1)-c1cc(N4C(=O)[C@@H]5[C@H](C4=O)[C@H]4C=C[C@H]5C4)ccc1S3(=O)=O)[C@H]1C=C[C@@H]2C1. The fraction of sp³-hybridized carbons (Fsp3) is 0.333. The zero-order valence-corrected chi connectivity index (χ0v) is 21.4. The van der Waals surface area contributed by atoms with Gasteiger partial charge in [0.1, 0.15) is 0 Å². The Kier molecular flexibility index (Phi) is 3.85. The van der Waals surface area contributed by atoms with E-state index in [0.717, 1.165) is 12.8 Å². The molecule has 4 fully saturated rings. The predicted molar refractivity (Wildman–Crippen MR) is 138 cm³/mol. The number of sulfone groups is 1. The molecule has 2 saturated heterocycles. The molecule has 3 heterocycles. The first kappa shape index (κ1) is 22.0. The molecule has 3 aliphatic heterocycles. The van der Waals surface area contributed by atoms with Gasteiger partial charge in [-0.25, -0.2) is 18.2 Å². The average Bonchev–Trinajstić information content (AvgIpc) is 3.77. The number of hydrogen-bond donors (Lipinski definition) is 0. The summed E-state index contributed by atoms with van der Waals surface area (Å²) in [5.41, 5.74) is 1.42. The van der Waals surface area contributed by atoms with Gasteiger partial charge in [0.15, 0.2) is 0 Å². The Morgan fingerprint density at radius 1 is 0.538 bits per heavy atom. The zero-order valence-electron chi connectivity index (χ0n) is 20.6. The van der Waals surface area contributed by atoms with Crippen LogP contribution in [0.3, 0.4) is 0 Å². The molecule has 4 bridgehead atoms. The highest BCUT2D eigenvalue weighted by atomic mass is 32.2. The Hall–Kier alpha value is -3.85. The molecule has 0 N–H and O–H groups in total. The van der Waals surface area contributed by atoms with Gasteiger partial charge in [-0.2, -0.15) is 0 Å². The van der Waals surface area contributed by atoms with Gasteiger partial charge < -0.3 is 0 Å². The van der Waals surface area contributed by atoms with Crippen LogP contribution in [-0.2, 0) is 29.0 Å². The molecule has 9 rings (SSSR count). The highest BCUT2D eigenvalue weighted by Gasteiger charge is 2.61. The summed E-state index contributed by atoms with van der Waals surface area (Å²) in [5, 5.41) is 0. The third kappa shape index (κ3) is 2.45. The number of anilines is 2. The lowest BCUT2D eigenvalue weighted by atomic mass is 9.85. The lowest BCUT2D eigenvalue weighted by Crippen LogP contribution is -2.33. The average molecular weight is 539 g/mol. The molecular weight excluding hydrogens is 516 g/mol. The molecule has 7 aliphatic rings. The third-order valence-corrected chi connectivity index (χ3v) is 12.1. The molecular formula is C30H22N2O6S. The smallest absolute Gasteiger partial charge is 0.238 e. The van der Waals surface area contributed by atoms with Crippen LogP contribution in [0.4, 0.5) is 11.4 Å². The van der Waals surface area contributed by atoms with Crippen molar-refractivity contribution in [3.63, 3.8) is 0 Å². The van der Waals surface area contributed by atoms with E-state index in [4.69, 9.17) is 0 Å². The molecule has 2 aromatic carbocycles. The number of carbonyl (C=O) groups is 4. The zero-order chi connectivity index (χ0) is 26.5. The van der Waals surface area contributed by atoms with E-state index in [2.05, 4.69) is 0 Å². The van der Waals surface area contributed by atoms with Crippen molar-refractivity contribution < 1.29 is 27.6 Å². The van der Waals surface area contributed by atoms with E-state index in [1.807, 2.05) is 24.3 Å². The summed E-state index contributed by atoms with van der Waals surface area (Å²) in [6, 6.07) is 9.10. The molecule has 0 radical (unpaired) electrons. The standard InChI is InChI=1S/C30H22N2O6S/c33-27-23-13-1-2-14(9-13)24(23)28(34)31(27)17-5-7-21-19(11-17)20-12-18(6-8-22(20)39(21,37)38)32-29(35)25-15-3-4-16(10-15)26(25)30(32)36/h1-8,11-16,23-26H,9-10H2/t13-,14-,15-,16+,23-,24+,25-,26-/m0/s1. The number of fused-ring (bicyclic) bond motifs is 13. The molecule has 8 atom stereocenters. The van der Waals surface area contributed by atoms with Crippen molar-refractivity contribution >= 4 is 44.8 Å². The molecule has 0 aromatic heterocycles. The van der Waals surface area contributed by atoms with Gasteiger partial charge in [-0.05, 0) is 72.9 Å². The summed E-state index contributed by atoms with van der Waals surface area (Å²) in [4.78, 5) is 56.1. The fourth-order valence-electron chi connectivity index (χ4n) is 8.64. The lowest BCUT2D eigenvalue weighted by Gasteiger charge is -2.19. The van der Waals surface area contributed by atoms with E-state index in [-0.39, 0.29) is 80.8 Å². The Balaban J connectivity index is 1.13. The van der Waals surface area contributed by atoms with Crippen LogP contribution in [0.2, 0.25) is 0 Å². The Morgan fingerprint density at radius 2 is 0.872 bits per heavy atom. The van der Waals surface area contributed by atoms with Gasteiger partial charge in [0.05, 0.1) is 44.8 Å². The maximum atomic E-state index is 13.4. The Morgan fingerprint density at radius 3 is 1.21 bits per heavy atom. The molecule has 0 spiro atoms. The molecule has 39 heavy (non-hydrogen) atoms.